The molecule has 0 aliphatic rings. The van der Waals surface area contributed by atoms with Gasteiger partial charge in [-0.3, -0.25) is 4.79 Å². The van der Waals surface area contributed by atoms with Crippen molar-refractivity contribution >= 4 is 17.4 Å². The van der Waals surface area contributed by atoms with E-state index in [4.69, 9.17) is 4.74 Å². The smallest absolute Gasteiger partial charge is 0.507 e. The maximum absolute atomic E-state index is 12.2. The number of rotatable bonds is 4. The van der Waals surface area contributed by atoms with Crippen molar-refractivity contribution in [2.24, 2.45) is 0 Å². The summed E-state index contributed by atoms with van der Waals surface area (Å²) < 4.78 is 15.9. The van der Waals surface area contributed by atoms with E-state index in [0.29, 0.717) is 5.56 Å². The van der Waals surface area contributed by atoms with Crippen LogP contribution in [0.2, 0.25) is 0 Å². The van der Waals surface area contributed by atoms with E-state index in [1.807, 2.05) is 0 Å². The Morgan fingerprint density at radius 1 is 1.21 bits per heavy atom. The van der Waals surface area contributed by atoms with Gasteiger partial charge in [0.1, 0.15) is 5.75 Å². The van der Waals surface area contributed by atoms with Gasteiger partial charge >= 0.3 is 16.6 Å². The molecule has 0 spiro atoms. The summed E-state index contributed by atoms with van der Waals surface area (Å²) in [4.78, 5) is 12.5. The Morgan fingerprint density at radius 2 is 1.89 bits per heavy atom. The number of phenolic OH excluding ortho intramolecular Hbond substituents is 1. The van der Waals surface area contributed by atoms with Crippen molar-refractivity contribution in [3.63, 3.8) is 0 Å². The lowest BCUT2D eigenvalue weighted by Crippen LogP contribution is -2.02. The van der Waals surface area contributed by atoms with Crippen LogP contribution in [0.25, 0.3) is 0 Å². The number of phenols is 1. The molecule has 0 aliphatic heterocycles. The van der Waals surface area contributed by atoms with Gasteiger partial charge in [-0.25, -0.2) is 0 Å². The van der Waals surface area contributed by atoms with Gasteiger partial charge in [0.05, 0.1) is 12.7 Å². The fourth-order valence-electron chi connectivity index (χ4n) is 1.70. The van der Waals surface area contributed by atoms with Gasteiger partial charge in [-0.05, 0) is 0 Å². The SMILES string of the molecule is COc1cc(O)c(C(=O)c2ccccc2)cc1[S+]=O. The summed E-state index contributed by atoms with van der Waals surface area (Å²) in [5.41, 5.74) is 0.537. The summed E-state index contributed by atoms with van der Waals surface area (Å²) in [5, 5.41) is 9.86. The molecule has 2 aromatic carbocycles. The largest absolute Gasteiger partial charge is 0.509 e. The quantitative estimate of drug-likeness (QED) is 0.687. The van der Waals surface area contributed by atoms with E-state index in [2.05, 4.69) is 0 Å². The van der Waals surface area contributed by atoms with Gasteiger partial charge in [0, 0.05) is 21.9 Å². The maximum Gasteiger partial charge on any atom is 0.509 e. The van der Waals surface area contributed by atoms with Gasteiger partial charge < -0.3 is 9.84 Å². The molecular weight excluding hydrogens is 264 g/mol. The first-order valence-electron chi connectivity index (χ1n) is 5.48. The maximum atomic E-state index is 12.2. The number of benzene rings is 2. The zero-order chi connectivity index (χ0) is 13.8. The number of hydrogen-bond acceptors (Lipinski definition) is 4. The minimum atomic E-state index is -0.337. The van der Waals surface area contributed by atoms with Crippen LogP contribution in [0.4, 0.5) is 0 Å². The highest BCUT2D eigenvalue weighted by Gasteiger charge is 2.23. The van der Waals surface area contributed by atoms with E-state index in [1.165, 1.54) is 19.2 Å². The van der Waals surface area contributed by atoms with Gasteiger partial charge in [-0.2, -0.15) is 0 Å². The zero-order valence-electron chi connectivity index (χ0n) is 10.1. The molecule has 0 fully saturated rings. The average molecular weight is 275 g/mol. The summed E-state index contributed by atoms with van der Waals surface area (Å²) in [6.07, 6.45) is 0. The Balaban J connectivity index is 2.51. The number of ether oxygens (including phenoxy) is 1. The van der Waals surface area contributed by atoms with Gasteiger partial charge in [-0.15, -0.1) is 0 Å². The standard InChI is InChI=1S/C14H10O4S/c1-18-12-8-11(15)10(7-13(12)19-17)14(16)9-5-3-2-4-6-9/h2-8H,1H3/p+1. The van der Waals surface area contributed by atoms with Crippen LogP contribution in [0.3, 0.4) is 0 Å². The summed E-state index contributed by atoms with van der Waals surface area (Å²) >= 11 is 0.217. The molecule has 1 N–H and O–H groups in total. The van der Waals surface area contributed by atoms with Crippen molar-refractivity contribution in [3.05, 3.63) is 53.6 Å². The summed E-state index contributed by atoms with van der Waals surface area (Å²) in [6, 6.07) is 11.2. The number of ketones is 1. The van der Waals surface area contributed by atoms with Crippen LogP contribution >= 0.6 is 0 Å². The third-order valence-corrected chi connectivity index (χ3v) is 3.15. The summed E-state index contributed by atoms with van der Waals surface area (Å²) in [6.45, 7) is 0. The number of hydrogen-bond donors (Lipinski definition) is 1. The van der Waals surface area contributed by atoms with Crippen molar-refractivity contribution in [1.82, 2.24) is 0 Å². The molecule has 0 unspecified atom stereocenters. The number of aromatic hydroxyl groups is 1. The molecule has 96 valence electrons. The highest BCUT2D eigenvalue weighted by Crippen LogP contribution is 2.30. The molecule has 5 heteroatoms. The van der Waals surface area contributed by atoms with Gasteiger partial charge in [0.15, 0.2) is 11.5 Å². The minimum absolute atomic E-state index is 0.0883. The van der Waals surface area contributed by atoms with Crippen LogP contribution < -0.4 is 4.74 Å². The highest BCUT2D eigenvalue weighted by molar-refractivity contribution is 7.65. The second-order valence-electron chi connectivity index (χ2n) is 3.80. The molecule has 4 nitrogen and oxygen atoms in total. The molecule has 0 aliphatic carbocycles. The minimum Gasteiger partial charge on any atom is -0.507 e. The molecule has 0 heterocycles. The highest BCUT2D eigenvalue weighted by atomic mass is 32.1. The van der Waals surface area contributed by atoms with E-state index in [-0.39, 0.29) is 39.4 Å². The van der Waals surface area contributed by atoms with Crippen LogP contribution in [-0.4, -0.2) is 18.0 Å². The van der Waals surface area contributed by atoms with E-state index in [9.17, 15) is 14.1 Å². The third-order valence-electron chi connectivity index (χ3n) is 2.65. The number of carbonyl (C=O) groups excluding carboxylic acids is 1. The first-order valence-corrected chi connectivity index (χ1v) is 6.22. The molecule has 0 atom stereocenters. The van der Waals surface area contributed by atoms with Gasteiger partial charge in [0.25, 0.3) is 0 Å². The van der Waals surface area contributed by atoms with Crippen molar-refractivity contribution in [3.8, 4) is 11.5 Å². The van der Waals surface area contributed by atoms with Crippen LogP contribution in [0.1, 0.15) is 15.9 Å². The lowest BCUT2D eigenvalue weighted by molar-refractivity contribution is 0.103. The van der Waals surface area contributed by atoms with Crippen molar-refractivity contribution in [2.75, 3.05) is 7.11 Å². The summed E-state index contributed by atoms with van der Waals surface area (Å²) in [7, 11) is 1.40. The molecule has 0 radical (unpaired) electrons. The van der Waals surface area contributed by atoms with Crippen LogP contribution in [-0.2, 0) is 15.9 Å². The zero-order valence-corrected chi connectivity index (χ0v) is 10.9. The number of methoxy groups -OCH3 is 1. The Hall–Kier alpha value is -2.27. The first-order chi connectivity index (χ1) is 9.17. The lowest BCUT2D eigenvalue weighted by atomic mass is 10.0. The average Bonchev–Trinajstić information content (AvgIpc) is 2.47. The second kappa shape index (κ2) is 5.58. The second-order valence-corrected chi connectivity index (χ2v) is 4.41. The molecule has 0 bridgehead atoms. The Morgan fingerprint density at radius 3 is 2.47 bits per heavy atom. The molecule has 2 aromatic rings. The van der Waals surface area contributed by atoms with E-state index in [0.717, 1.165) is 0 Å². The predicted molar refractivity (Wildman–Crippen MR) is 70.9 cm³/mol. The van der Waals surface area contributed by atoms with Crippen LogP contribution in [0.5, 0.6) is 11.5 Å². The normalized spacial score (nSPS) is 9.95. The molecule has 2 rings (SSSR count). The molecule has 0 amide bonds. The van der Waals surface area contributed by atoms with Crippen LogP contribution in [0.15, 0.2) is 47.4 Å². The monoisotopic (exact) mass is 275 g/mol. The van der Waals surface area contributed by atoms with Crippen molar-refractivity contribution in [1.29, 1.82) is 0 Å². The van der Waals surface area contributed by atoms with Gasteiger partial charge in [-0.1, -0.05) is 30.3 Å². The van der Waals surface area contributed by atoms with Crippen molar-refractivity contribution < 1.29 is 18.8 Å². The Labute approximate surface area is 114 Å². The fraction of sp³-hybridized carbons (Fsp3) is 0.0714. The topological polar surface area (TPSA) is 63.6 Å². The Kier molecular flexibility index (Phi) is 3.87. The summed E-state index contributed by atoms with van der Waals surface area (Å²) in [5.74, 6) is -0.290. The van der Waals surface area contributed by atoms with Crippen LogP contribution in [0, 0.1) is 0 Å². The molecule has 0 aromatic heterocycles. The van der Waals surface area contributed by atoms with E-state index >= 15 is 0 Å². The molecule has 19 heavy (non-hydrogen) atoms. The van der Waals surface area contributed by atoms with Gasteiger partial charge in [0.2, 0.25) is 0 Å². The third kappa shape index (κ3) is 2.61. The molecule has 0 saturated heterocycles. The van der Waals surface area contributed by atoms with E-state index < -0.39 is 0 Å². The lowest BCUT2D eigenvalue weighted by Gasteiger charge is -2.05. The fourth-order valence-corrected chi connectivity index (χ4v) is 2.09. The number of carbonyl (C=O) groups is 1. The van der Waals surface area contributed by atoms with E-state index in [1.54, 1.807) is 30.3 Å². The Bertz CT molecular complexity index is 623. The van der Waals surface area contributed by atoms with Crippen molar-refractivity contribution in [2.45, 2.75) is 4.90 Å². The predicted octanol–water partition coefficient (Wildman–Crippen LogP) is 2.42. The molecular formula is C14H11O4S+. The first kappa shape index (κ1) is 13.2. The molecule has 0 saturated carbocycles.